The molecule has 1 rings (SSSR count). The van der Waals surface area contributed by atoms with Crippen LogP contribution in [0.2, 0.25) is 0 Å². The second-order valence-electron chi connectivity index (χ2n) is 4.58. The van der Waals surface area contributed by atoms with Crippen LogP contribution in [-0.2, 0) is 14.4 Å². The lowest BCUT2D eigenvalue weighted by molar-refractivity contribution is -0.136. The summed E-state index contributed by atoms with van der Waals surface area (Å²) in [5.74, 6) is -0.0596. The standard InChI is InChI=1S/C12H20N2O3/c1-9(15)8-12(17)14-6-4-13(5-7-14)10(2)11(3)16/h10H,4-8H2,1-3H3. The van der Waals surface area contributed by atoms with Gasteiger partial charge in [-0.3, -0.25) is 19.3 Å². The van der Waals surface area contributed by atoms with Crippen molar-refractivity contribution < 1.29 is 14.4 Å². The van der Waals surface area contributed by atoms with Gasteiger partial charge >= 0.3 is 0 Å². The zero-order valence-corrected chi connectivity index (χ0v) is 10.7. The van der Waals surface area contributed by atoms with E-state index in [-0.39, 0.29) is 29.9 Å². The van der Waals surface area contributed by atoms with E-state index in [0.717, 1.165) is 0 Å². The molecule has 0 aromatic heterocycles. The third-order valence-electron chi connectivity index (χ3n) is 3.20. The van der Waals surface area contributed by atoms with E-state index in [2.05, 4.69) is 4.90 Å². The molecule has 0 N–H and O–H groups in total. The number of amides is 1. The molecule has 0 radical (unpaired) electrons. The van der Waals surface area contributed by atoms with Crippen LogP contribution in [0.1, 0.15) is 27.2 Å². The van der Waals surface area contributed by atoms with Crippen LogP contribution < -0.4 is 0 Å². The summed E-state index contributed by atoms with van der Waals surface area (Å²) in [4.78, 5) is 37.5. The fourth-order valence-electron chi connectivity index (χ4n) is 1.94. The maximum Gasteiger partial charge on any atom is 0.230 e. The molecular weight excluding hydrogens is 220 g/mol. The van der Waals surface area contributed by atoms with E-state index in [1.54, 1.807) is 11.8 Å². The number of piperazine rings is 1. The molecule has 1 atom stereocenters. The number of carbonyl (C=O) groups is 3. The van der Waals surface area contributed by atoms with Crippen molar-refractivity contribution in [2.45, 2.75) is 33.2 Å². The smallest absolute Gasteiger partial charge is 0.230 e. The summed E-state index contributed by atoms with van der Waals surface area (Å²) in [7, 11) is 0. The predicted molar refractivity (Wildman–Crippen MR) is 63.6 cm³/mol. The van der Waals surface area contributed by atoms with Crippen LogP contribution in [0.25, 0.3) is 0 Å². The number of Topliss-reactive ketones (excluding diaryl/α,β-unsaturated/α-hetero) is 2. The maximum atomic E-state index is 11.6. The van der Waals surface area contributed by atoms with E-state index < -0.39 is 0 Å². The SMILES string of the molecule is CC(=O)CC(=O)N1CCN(C(C)C(C)=O)CC1. The molecule has 1 fully saturated rings. The summed E-state index contributed by atoms with van der Waals surface area (Å²) in [5.41, 5.74) is 0. The quantitative estimate of drug-likeness (QED) is 0.653. The highest BCUT2D eigenvalue weighted by Gasteiger charge is 2.25. The van der Waals surface area contributed by atoms with Crippen molar-refractivity contribution in [1.82, 2.24) is 9.80 Å². The van der Waals surface area contributed by atoms with E-state index in [0.29, 0.717) is 26.2 Å². The lowest BCUT2D eigenvalue weighted by Gasteiger charge is -2.37. The van der Waals surface area contributed by atoms with Crippen molar-refractivity contribution in [3.8, 4) is 0 Å². The molecule has 96 valence electrons. The number of rotatable bonds is 4. The molecule has 1 amide bonds. The zero-order valence-electron chi connectivity index (χ0n) is 10.7. The molecule has 1 saturated heterocycles. The molecule has 0 aromatic carbocycles. The van der Waals surface area contributed by atoms with Crippen LogP contribution in [0.15, 0.2) is 0 Å². The van der Waals surface area contributed by atoms with Crippen molar-refractivity contribution in [2.24, 2.45) is 0 Å². The molecule has 5 heteroatoms. The van der Waals surface area contributed by atoms with Crippen molar-refractivity contribution in [1.29, 1.82) is 0 Å². The number of carbonyl (C=O) groups excluding carboxylic acids is 3. The molecule has 1 unspecified atom stereocenters. The van der Waals surface area contributed by atoms with E-state index in [4.69, 9.17) is 0 Å². The van der Waals surface area contributed by atoms with Gasteiger partial charge in [0.1, 0.15) is 11.6 Å². The van der Waals surface area contributed by atoms with Gasteiger partial charge < -0.3 is 4.90 Å². The van der Waals surface area contributed by atoms with E-state index in [9.17, 15) is 14.4 Å². The van der Waals surface area contributed by atoms with Gasteiger partial charge in [0.15, 0.2) is 0 Å². The number of hydrogen-bond donors (Lipinski definition) is 0. The highest BCUT2D eigenvalue weighted by atomic mass is 16.2. The van der Waals surface area contributed by atoms with Crippen molar-refractivity contribution >= 4 is 17.5 Å². The Morgan fingerprint density at radius 2 is 1.59 bits per heavy atom. The first-order chi connectivity index (χ1) is 7.91. The summed E-state index contributed by atoms with van der Waals surface area (Å²) < 4.78 is 0. The van der Waals surface area contributed by atoms with Crippen molar-refractivity contribution in [2.75, 3.05) is 26.2 Å². The maximum absolute atomic E-state index is 11.6. The molecule has 0 bridgehead atoms. The van der Waals surface area contributed by atoms with Crippen LogP contribution in [0.5, 0.6) is 0 Å². The third kappa shape index (κ3) is 3.93. The molecule has 0 saturated carbocycles. The van der Waals surface area contributed by atoms with Crippen LogP contribution in [0, 0.1) is 0 Å². The third-order valence-corrected chi connectivity index (χ3v) is 3.20. The van der Waals surface area contributed by atoms with Gasteiger partial charge in [0, 0.05) is 26.2 Å². The second-order valence-corrected chi connectivity index (χ2v) is 4.58. The van der Waals surface area contributed by atoms with E-state index in [1.165, 1.54) is 6.92 Å². The van der Waals surface area contributed by atoms with E-state index >= 15 is 0 Å². The van der Waals surface area contributed by atoms with Crippen molar-refractivity contribution in [3.63, 3.8) is 0 Å². The minimum absolute atomic E-state index is 0.0116. The normalized spacial score (nSPS) is 18.9. The topological polar surface area (TPSA) is 57.7 Å². The average Bonchev–Trinajstić information content (AvgIpc) is 2.27. The molecule has 1 aliphatic heterocycles. The van der Waals surface area contributed by atoms with Gasteiger partial charge in [0.25, 0.3) is 0 Å². The molecule has 0 aromatic rings. The summed E-state index contributed by atoms with van der Waals surface area (Å²) >= 11 is 0. The highest BCUT2D eigenvalue weighted by Crippen LogP contribution is 2.08. The Morgan fingerprint density at radius 1 is 1.06 bits per heavy atom. The molecule has 17 heavy (non-hydrogen) atoms. The Bertz CT molecular complexity index is 320. The summed E-state index contributed by atoms with van der Waals surface area (Å²) in [6.07, 6.45) is -0.0116. The Hall–Kier alpha value is -1.23. The minimum Gasteiger partial charge on any atom is -0.340 e. The zero-order chi connectivity index (χ0) is 13.0. The summed E-state index contributed by atoms with van der Waals surface area (Å²) in [6.45, 7) is 7.49. The predicted octanol–water partition coefficient (Wildman–Crippen LogP) is 0.0872. The van der Waals surface area contributed by atoms with Gasteiger partial charge in [-0.2, -0.15) is 0 Å². The Morgan fingerprint density at radius 3 is 2.00 bits per heavy atom. The van der Waals surface area contributed by atoms with Gasteiger partial charge in [-0.05, 0) is 20.8 Å². The van der Waals surface area contributed by atoms with Gasteiger partial charge in [-0.1, -0.05) is 0 Å². The van der Waals surface area contributed by atoms with Crippen LogP contribution in [0.4, 0.5) is 0 Å². The van der Waals surface area contributed by atoms with Crippen LogP contribution >= 0.6 is 0 Å². The Kier molecular flexibility index (Phi) is 4.81. The number of hydrogen-bond acceptors (Lipinski definition) is 4. The fourth-order valence-corrected chi connectivity index (χ4v) is 1.94. The molecule has 5 nitrogen and oxygen atoms in total. The molecule has 0 aliphatic carbocycles. The fraction of sp³-hybridized carbons (Fsp3) is 0.750. The largest absolute Gasteiger partial charge is 0.340 e. The van der Waals surface area contributed by atoms with Crippen LogP contribution in [-0.4, -0.2) is 59.5 Å². The van der Waals surface area contributed by atoms with Gasteiger partial charge in [0.05, 0.1) is 12.5 Å². The number of nitrogens with zero attached hydrogens (tertiary/aromatic N) is 2. The first-order valence-electron chi connectivity index (χ1n) is 5.93. The molecule has 1 heterocycles. The Labute approximate surface area is 102 Å². The van der Waals surface area contributed by atoms with Gasteiger partial charge in [0.2, 0.25) is 5.91 Å². The Balaban J connectivity index is 2.43. The van der Waals surface area contributed by atoms with Crippen LogP contribution in [0.3, 0.4) is 0 Å². The van der Waals surface area contributed by atoms with Gasteiger partial charge in [-0.25, -0.2) is 0 Å². The lowest BCUT2D eigenvalue weighted by Crippen LogP contribution is -2.53. The minimum atomic E-state index is -0.104. The van der Waals surface area contributed by atoms with E-state index in [1.807, 2.05) is 6.92 Å². The summed E-state index contributed by atoms with van der Waals surface area (Å²) in [5, 5.41) is 0. The highest BCUT2D eigenvalue weighted by molar-refractivity contribution is 5.96. The molecular formula is C12H20N2O3. The molecule has 0 spiro atoms. The summed E-state index contributed by atoms with van der Waals surface area (Å²) in [6, 6.07) is -0.0833. The lowest BCUT2D eigenvalue weighted by atomic mass is 10.1. The first kappa shape index (κ1) is 13.8. The molecule has 1 aliphatic rings. The number of ketones is 2. The average molecular weight is 240 g/mol. The monoisotopic (exact) mass is 240 g/mol. The first-order valence-corrected chi connectivity index (χ1v) is 5.93. The van der Waals surface area contributed by atoms with Gasteiger partial charge in [-0.15, -0.1) is 0 Å². The van der Waals surface area contributed by atoms with Crippen molar-refractivity contribution in [3.05, 3.63) is 0 Å². The second kappa shape index (κ2) is 5.91.